The molecule has 1 N–H and O–H groups in total. The summed E-state index contributed by atoms with van der Waals surface area (Å²) in [7, 11) is 0. The molecule has 0 atom stereocenters. The minimum absolute atomic E-state index is 0.289. The lowest BCUT2D eigenvalue weighted by Gasteiger charge is -2.12. The zero-order valence-corrected chi connectivity index (χ0v) is 12.1. The number of hydrogen-bond donors (Lipinski definition) is 1. The molecule has 2 aromatic rings. The van der Waals surface area contributed by atoms with E-state index in [0.29, 0.717) is 28.8 Å². The number of halogens is 2. The van der Waals surface area contributed by atoms with Gasteiger partial charge in [-0.1, -0.05) is 31.5 Å². The Labute approximate surface area is 122 Å². The summed E-state index contributed by atoms with van der Waals surface area (Å²) in [6.45, 7) is 4.52. The van der Waals surface area contributed by atoms with Crippen molar-refractivity contribution in [3.8, 4) is 11.6 Å². The van der Waals surface area contributed by atoms with Crippen molar-refractivity contribution in [1.29, 1.82) is 0 Å². The smallest absolute Gasteiger partial charge is 0.223 e. The fourth-order valence-corrected chi connectivity index (χ4v) is 1.82. The lowest BCUT2D eigenvalue weighted by molar-refractivity contribution is 0.445. The average Bonchev–Trinajstić information content (AvgIpc) is 2.39. The van der Waals surface area contributed by atoms with Gasteiger partial charge in [0.05, 0.1) is 6.20 Å². The first-order valence-corrected chi connectivity index (χ1v) is 6.73. The van der Waals surface area contributed by atoms with Crippen molar-refractivity contribution in [2.75, 3.05) is 0 Å². The maximum Gasteiger partial charge on any atom is 0.223 e. The molecule has 20 heavy (non-hydrogen) atoms. The number of rotatable bonds is 5. The Bertz CT molecular complexity index is 590. The van der Waals surface area contributed by atoms with E-state index in [-0.39, 0.29) is 11.9 Å². The van der Waals surface area contributed by atoms with Crippen molar-refractivity contribution >= 4 is 11.6 Å². The lowest BCUT2D eigenvalue weighted by Crippen LogP contribution is -2.22. The van der Waals surface area contributed by atoms with Crippen LogP contribution in [0.5, 0.6) is 11.6 Å². The normalized spacial score (nSPS) is 10.8. The highest BCUT2D eigenvalue weighted by Gasteiger charge is 2.09. The standard InChI is InChI=1S/C15H16ClFN2O/c1-10(2)18-8-11-6-13(17)9-19-15(11)20-14-5-3-4-12(16)7-14/h3-7,9-10,18H,8H2,1-2H3. The summed E-state index contributed by atoms with van der Waals surface area (Å²) in [6, 6.07) is 8.71. The molecule has 5 heteroatoms. The van der Waals surface area contributed by atoms with Gasteiger partial charge in [0.25, 0.3) is 0 Å². The molecule has 1 aromatic carbocycles. The molecule has 0 aliphatic heterocycles. The SMILES string of the molecule is CC(C)NCc1cc(F)cnc1Oc1cccc(Cl)c1. The van der Waals surface area contributed by atoms with Gasteiger partial charge in [-0.25, -0.2) is 9.37 Å². The number of pyridine rings is 1. The average molecular weight is 295 g/mol. The fourth-order valence-electron chi connectivity index (χ4n) is 1.64. The summed E-state index contributed by atoms with van der Waals surface area (Å²) in [6.07, 6.45) is 1.14. The van der Waals surface area contributed by atoms with Crippen molar-refractivity contribution in [2.24, 2.45) is 0 Å². The van der Waals surface area contributed by atoms with Crippen LogP contribution in [0.25, 0.3) is 0 Å². The summed E-state index contributed by atoms with van der Waals surface area (Å²) < 4.78 is 19.0. The topological polar surface area (TPSA) is 34.2 Å². The summed E-state index contributed by atoms with van der Waals surface area (Å²) in [4.78, 5) is 4.00. The maximum absolute atomic E-state index is 13.3. The van der Waals surface area contributed by atoms with Crippen molar-refractivity contribution in [3.05, 3.63) is 52.9 Å². The van der Waals surface area contributed by atoms with Crippen LogP contribution in [0.1, 0.15) is 19.4 Å². The highest BCUT2D eigenvalue weighted by atomic mass is 35.5. The molecule has 0 radical (unpaired) electrons. The number of nitrogens with zero attached hydrogens (tertiary/aromatic N) is 1. The van der Waals surface area contributed by atoms with E-state index in [1.807, 2.05) is 13.8 Å². The second kappa shape index (κ2) is 6.68. The Kier molecular flexibility index (Phi) is 4.93. The molecular weight excluding hydrogens is 279 g/mol. The largest absolute Gasteiger partial charge is 0.439 e. The summed E-state index contributed by atoms with van der Waals surface area (Å²) >= 11 is 5.91. The molecule has 0 spiro atoms. The Balaban J connectivity index is 2.21. The molecule has 0 unspecified atom stereocenters. The van der Waals surface area contributed by atoms with Gasteiger partial charge in [0.1, 0.15) is 11.6 Å². The number of aromatic nitrogens is 1. The first kappa shape index (κ1) is 14.8. The van der Waals surface area contributed by atoms with Crippen LogP contribution in [0.4, 0.5) is 4.39 Å². The van der Waals surface area contributed by atoms with Crippen molar-refractivity contribution < 1.29 is 9.13 Å². The van der Waals surface area contributed by atoms with Crippen LogP contribution in [-0.4, -0.2) is 11.0 Å². The van der Waals surface area contributed by atoms with E-state index < -0.39 is 0 Å². The molecule has 0 saturated carbocycles. The first-order chi connectivity index (χ1) is 9.54. The van der Waals surface area contributed by atoms with Crippen LogP contribution in [0.15, 0.2) is 36.5 Å². The van der Waals surface area contributed by atoms with Gasteiger partial charge in [0, 0.05) is 23.2 Å². The molecular formula is C15H16ClFN2O. The molecule has 3 nitrogen and oxygen atoms in total. The van der Waals surface area contributed by atoms with E-state index in [1.165, 1.54) is 6.07 Å². The zero-order chi connectivity index (χ0) is 14.5. The summed E-state index contributed by atoms with van der Waals surface area (Å²) in [5.74, 6) is 0.563. The molecule has 0 fully saturated rings. The predicted molar refractivity (Wildman–Crippen MR) is 77.7 cm³/mol. The lowest BCUT2D eigenvalue weighted by atomic mass is 10.2. The van der Waals surface area contributed by atoms with Gasteiger partial charge in [-0.05, 0) is 24.3 Å². The maximum atomic E-state index is 13.3. The number of nitrogens with one attached hydrogen (secondary N) is 1. The monoisotopic (exact) mass is 294 g/mol. The summed E-state index contributed by atoms with van der Waals surface area (Å²) in [5, 5.41) is 3.79. The third kappa shape index (κ3) is 4.18. The van der Waals surface area contributed by atoms with Crippen molar-refractivity contribution in [3.63, 3.8) is 0 Å². The highest BCUT2D eigenvalue weighted by molar-refractivity contribution is 6.30. The van der Waals surface area contributed by atoms with E-state index in [0.717, 1.165) is 6.20 Å². The number of benzene rings is 1. The van der Waals surface area contributed by atoms with Crippen LogP contribution >= 0.6 is 11.6 Å². The van der Waals surface area contributed by atoms with Gasteiger partial charge in [-0.3, -0.25) is 0 Å². The zero-order valence-electron chi connectivity index (χ0n) is 11.4. The second-order valence-electron chi connectivity index (χ2n) is 4.71. The fraction of sp³-hybridized carbons (Fsp3) is 0.267. The second-order valence-corrected chi connectivity index (χ2v) is 5.15. The van der Waals surface area contributed by atoms with Gasteiger partial charge < -0.3 is 10.1 Å². The minimum Gasteiger partial charge on any atom is -0.439 e. The van der Waals surface area contributed by atoms with Crippen LogP contribution in [0.2, 0.25) is 5.02 Å². The number of ether oxygens (including phenoxy) is 1. The van der Waals surface area contributed by atoms with E-state index in [1.54, 1.807) is 24.3 Å². The number of hydrogen-bond acceptors (Lipinski definition) is 3. The molecule has 0 saturated heterocycles. The Hall–Kier alpha value is -1.65. The van der Waals surface area contributed by atoms with Crippen LogP contribution < -0.4 is 10.1 Å². The highest BCUT2D eigenvalue weighted by Crippen LogP contribution is 2.25. The Morgan fingerprint density at radius 2 is 2.15 bits per heavy atom. The van der Waals surface area contributed by atoms with E-state index in [9.17, 15) is 4.39 Å². The molecule has 2 rings (SSSR count). The van der Waals surface area contributed by atoms with Gasteiger partial charge in [0.2, 0.25) is 5.88 Å². The van der Waals surface area contributed by atoms with Gasteiger partial charge in [-0.2, -0.15) is 0 Å². The quantitative estimate of drug-likeness (QED) is 0.899. The molecule has 1 aromatic heterocycles. The van der Waals surface area contributed by atoms with E-state index in [2.05, 4.69) is 10.3 Å². The molecule has 106 valence electrons. The Morgan fingerprint density at radius 1 is 1.35 bits per heavy atom. The van der Waals surface area contributed by atoms with E-state index in [4.69, 9.17) is 16.3 Å². The van der Waals surface area contributed by atoms with E-state index >= 15 is 0 Å². The van der Waals surface area contributed by atoms with Crippen molar-refractivity contribution in [2.45, 2.75) is 26.4 Å². The van der Waals surface area contributed by atoms with Gasteiger partial charge in [0.15, 0.2) is 0 Å². The van der Waals surface area contributed by atoms with Crippen LogP contribution in [0.3, 0.4) is 0 Å². The van der Waals surface area contributed by atoms with Crippen LogP contribution in [0, 0.1) is 5.82 Å². The van der Waals surface area contributed by atoms with Crippen molar-refractivity contribution in [1.82, 2.24) is 10.3 Å². The first-order valence-electron chi connectivity index (χ1n) is 6.36. The predicted octanol–water partition coefficient (Wildman–Crippen LogP) is 4.16. The van der Waals surface area contributed by atoms with Gasteiger partial charge >= 0.3 is 0 Å². The minimum atomic E-state index is -0.385. The third-order valence-corrected chi connectivity index (χ3v) is 2.84. The molecule has 0 amide bonds. The molecule has 1 heterocycles. The summed E-state index contributed by atoms with van der Waals surface area (Å²) in [5.41, 5.74) is 0.665. The third-order valence-electron chi connectivity index (χ3n) is 2.60. The van der Waals surface area contributed by atoms with Crippen LogP contribution in [-0.2, 0) is 6.54 Å². The molecule has 0 aliphatic carbocycles. The van der Waals surface area contributed by atoms with Gasteiger partial charge in [-0.15, -0.1) is 0 Å². The Morgan fingerprint density at radius 3 is 2.85 bits per heavy atom. The molecule has 0 bridgehead atoms. The molecule has 0 aliphatic rings.